The predicted octanol–water partition coefficient (Wildman–Crippen LogP) is 4.06. The Bertz CT molecular complexity index is 801. The lowest BCUT2D eigenvalue weighted by molar-refractivity contribution is -0.120. The summed E-state index contributed by atoms with van der Waals surface area (Å²) in [5.41, 5.74) is 3.07. The van der Waals surface area contributed by atoms with E-state index in [0.717, 1.165) is 31.4 Å². The lowest BCUT2D eigenvalue weighted by atomic mass is 10.1. The normalized spacial score (nSPS) is 17.8. The van der Waals surface area contributed by atoms with Crippen LogP contribution in [0.4, 0.5) is 11.4 Å². The minimum Gasteiger partial charge on any atom is -0.325 e. The second-order valence-electron chi connectivity index (χ2n) is 7.24. The molecule has 2 amide bonds. The maximum absolute atomic E-state index is 12.7. The molecule has 5 heteroatoms. The molecule has 5 nitrogen and oxygen atoms in total. The number of nitrogens with zero attached hydrogens (tertiary/aromatic N) is 1. The molecule has 1 atom stereocenters. The summed E-state index contributed by atoms with van der Waals surface area (Å²) in [5.74, 6) is -0.150. The molecule has 0 aromatic heterocycles. The van der Waals surface area contributed by atoms with Crippen molar-refractivity contribution in [1.82, 2.24) is 4.90 Å². The SMILES string of the molecule is Cc1ccc(C(=O)Nc2cccc(NC(=O)C3CCCCCN3C)c2)cc1. The zero-order valence-corrected chi connectivity index (χ0v) is 16.0. The number of benzene rings is 2. The van der Waals surface area contributed by atoms with Gasteiger partial charge in [-0.25, -0.2) is 0 Å². The Labute approximate surface area is 160 Å². The molecule has 2 aromatic rings. The van der Waals surface area contributed by atoms with E-state index in [1.54, 1.807) is 18.2 Å². The van der Waals surface area contributed by atoms with Crippen LogP contribution in [0, 0.1) is 6.92 Å². The van der Waals surface area contributed by atoms with Gasteiger partial charge in [-0.3, -0.25) is 14.5 Å². The van der Waals surface area contributed by atoms with Crippen LogP contribution in [0.2, 0.25) is 0 Å². The summed E-state index contributed by atoms with van der Waals surface area (Å²) < 4.78 is 0. The first-order valence-corrected chi connectivity index (χ1v) is 9.52. The van der Waals surface area contributed by atoms with Gasteiger partial charge in [-0.2, -0.15) is 0 Å². The third kappa shape index (κ3) is 5.17. The molecule has 0 aliphatic carbocycles. The van der Waals surface area contributed by atoms with E-state index in [1.165, 1.54) is 6.42 Å². The number of carbonyl (C=O) groups is 2. The smallest absolute Gasteiger partial charge is 0.255 e. The maximum atomic E-state index is 12.7. The Morgan fingerprint density at radius 3 is 2.41 bits per heavy atom. The van der Waals surface area contributed by atoms with Crippen molar-refractivity contribution >= 4 is 23.2 Å². The van der Waals surface area contributed by atoms with Crippen LogP contribution in [0.1, 0.15) is 41.6 Å². The Balaban J connectivity index is 1.65. The molecular formula is C22H27N3O2. The second-order valence-corrected chi connectivity index (χ2v) is 7.24. The van der Waals surface area contributed by atoms with Crippen molar-refractivity contribution in [2.24, 2.45) is 0 Å². The van der Waals surface area contributed by atoms with E-state index >= 15 is 0 Å². The van der Waals surface area contributed by atoms with Gasteiger partial charge in [0, 0.05) is 16.9 Å². The fourth-order valence-electron chi connectivity index (χ4n) is 3.39. The Morgan fingerprint density at radius 2 is 1.67 bits per heavy atom. The van der Waals surface area contributed by atoms with Crippen molar-refractivity contribution in [3.05, 3.63) is 59.7 Å². The summed E-state index contributed by atoms with van der Waals surface area (Å²) >= 11 is 0. The second kappa shape index (κ2) is 8.82. The van der Waals surface area contributed by atoms with Gasteiger partial charge in [0.15, 0.2) is 0 Å². The topological polar surface area (TPSA) is 61.4 Å². The number of likely N-dealkylation sites (tertiary alicyclic amines) is 1. The van der Waals surface area contributed by atoms with Crippen molar-refractivity contribution in [3.63, 3.8) is 0 Å². The van der Waals surface area contributed by atoms with E-state index in [9.17, 15) is 9.59 Å². The monoisotopic (exact) mass is 365 g/mol. The standard InChI is InChI=1S/C22H27N3O2/c1-16-10-12-17(13-11-16)21(26)23-18-7-6-8-19(15-18)24-22(27)20-9-4-3-5-14-25(20)2/h6-8,10-13,15,20H,3-5,9,14H2,1-2H3,(H,23,26)(H,24,27). The van der Waals surface area contributed by atoms with E-state index in [-0.39, 0.29) is 17.9 Å². The van der Waals surface area contributed by atoms with Gasteiger partial charge in [0.2, 0.25) is 5.91 Å². The molecule has 3 rings (SSSR count). The number of hydrogen-bond acceptors (Lipinski definition) is 3. The van der Waals surface area contributed by atoms with Gasteiger partial charge in [0.25, 0.3) is 5.91 Å². The summed E-state index contributed by atoms with van der Waals surface area (Å²) in [6.07, 6.45) is 4.27. The Hall–Kier alpha value is -2.66. The van der Waals surface area contributed by atoms with Gasteiger partial charge >= 0.3 is 0 Å². The van der Waals surface area contributed by atoms with Gasteiger partial charge in [-0.05, 0) is 63.7 Å². The van der Waals surface area contributed by atoms with Crippen LogP contribution in [0.3, 0.4) is 0 Å². The first-order chi connectivity index (χ1) is 13.0. The van der Waals surface area contributed by atoms with E-state index in [0.29, 0.717) is 16.9 Å². The lowest BCUT2D eigenvalue weighted by Crippen LogP contribution is -2.41. The van der Waals surface area contributed by atoms with Gasteiger partial charge < -0.3 is 10.6 Å². The zero-order chi connectivity index (χ0) is 19.2. The van der Waals surface area contributed by atoms with Crippen LogP contribution in [-0.2, 0) is 4.79 Å². The van der Waals surface area contributed by atoms with Crippen molar-refractivity contribution in [3.8, 4) is 0 Å². The van der Waals surface area contributed by atoms with Crippen LogP contribution in [0.25, 0.3) is 0 Å². The third-order valence-electron chi connectivity index (χ3n) is 5.02. The van der Waals surface area contributed by atoms with E-state index < -0.39 is 0 Å². The summed E-state index contributed by atoms with van der Waals surface area (Å²) in [5, 5.41) is 5.89. The highest BCUT2D eigenvalue weighted by atomic mass is 16.2. The molecule has 2 N–H and O–H groups in total. The summed E-state index contributed by atoms with van der Waals surface area (Å²) in [4.78, 5) is 27.2. The molecular weight excluding hydrogens is 338 g/mol. The lowest BCUT2D eigenvalue weighted by Gasteiger charge is -2.24. The maximum Gasteiger partial charge on any atom is 0.255 e. The average molecular weight is 365 g/mol. The highest BCUT2D eigenvalue weighted by Gasteiger charge is 2.24. The molecule has 0 radical (unpaired) electrons. The molecule has 0 saturated carbocycles. The fourth-order valence-corrected chi connectivity index (χ4v) is 3.39. The number of aryl methyl sites for hydroxylation is 1. The van der Waals surface area contributed by atoms with Gasteiger partial charge in [-0.15, -0.1) is 0 Å². The number of amides is 2. The quantitative estimate of drug-likeness (QED) is 0.859. The molecule has 142 valence electrons. The molecule has 0 spiro atoms. The fraction of sp³-hybridized carbons (Fsp3) is 0.364. The first kappa shape index (κ1) is 19.1. The Morgan fingerprint density at radius 1 is 0.963 bits per heavy atom. The van der Waals surface area contributed by atoms with Gasteiger partial charge in [-0.1, -0.05) is 36.6 Å². The number of carbonyl (C=O) groups excluding carboxylic acids is 2. The van der Waals surface area contributed by atoms with Crippen LogP contribution >= 0.6 is 0 Å². The summed E-state index contributed by atoms with van der Waals surface area (Å²) in [6.45, 7) is 2.93. The van der Waals surface area contributed by atoms with Crippen molar-refractivity contribution in [2.75, 3.05) is 24.2 Å². The number of hydrogen-bond donors (Lipinski definition) is 2. The molecule has 1 saturated heterocycles. The highest BCUT2D eigenvalue weighted by Crippen LogP contribution is 2.20. The molecule has 27 heavy (non-hydrogen) atoms. The zero-order valence-electron chi connectivity index (χ0n) is 16.0. The molecule has 1 aliphatic rings. The first-order valence-electron chi connectivity index (χ1n) is 9.52. The van der Waals surface area contributed by atoms with E-state index in [4.69, 9.17) is 0 Å². The molecule has 1 heterocycles. The number of anilines is 2. The van der Waals surface area contributed by atoms with Crippen molar-refractivity contribution in [1.29, 1.82) is 0 Å². The molecule has 1 aliphatic heterocycles. The molecule has 2 aromatic carbocycles. The molecule has 1 unspecified atom stereocenters. The van der Waals surface area contributed by atoms with Crippen molar-refractivity contribution < 1.29 is 9.59 Å². The minimum absolute atomic E-state index is 0.0152. The highest BCUT2D eigenvalue weighted by molar-refractivity contribution is 6.04. The van der Waals surface area contributed by atoms with Crippen LogP contribution in [-0.4, -0.2) is 36.3 Å². The summed E-state index contributed by atoms with van der Waals surface area (Å²) in [6, 6.07) is 14.6. The van der Waals surface area contributed by atoms with E-state index in [1.807, 2.05) is 44.3 Å². The van der Waals surface area contributed by atoms with Crippen LogP contribution in [0.5, 0.6) is 0 Å². The largest absolute Gasteiger partial charge is 0.325 e. The molecule has 1 fully saturated rings. The minimum atomic E-state index is -0.165. The predicted molar refractivity (Wildman–Crippen MR) is 109 cm³/mol. The third-order valence-corrected chi connectivity index (χ3v) is 5.02. The van der Waals surface area contributed by atoms with E-state index in [2.05, 4.69) is 15.5 Å². The number of nitrogens with one attached hydrogen (secondary N) is 2. The van der Waals surface area contributed by atoms with Crippen molar-refractivity contribution in [2.45, 2.75) is 38.6 Å². The van der Waals surface area contributed by atoms with Crippen LogP contribution < -0.4 is 10.6 Å². The summed E-state index contributed by atoms with van der Waals surface area (Å²) in [7, 11) is 2.01. The Kier molecular flexibility index (Phi) is 6.24. The number of likely N-dealkylation sites (N-methyl/N-ethyl adjacent to an activating group) is 1. The van der Waals surface area contributed by atoms with Gasteiger partial charge in [0.1, 0.15) is 0 Å². The van der Waals surface area contributed by atoms with Crippen LogP contribution in [0.15, 0.2) is 48.5 Å². The molecule has 0 bridgehead atoms. The average Bonchev–Trinajstić information content (AvgIpc) is 2.87. The number of rotatable bonds is 4. The van der Waals surface area contributed by atoms with Gasteiger partial charge in [0.05, 0.1) is 6.04 Å².